The number of fused-ring (bicyclic) bond motifs is 1. The highest BCUT2D eigenvalue weighted by atomic mass is 16.5. The second kappa shape index (κ2) is 2.90. The van der Waals surface area contributed by atoms with Crippen LogP contribution in [0.3, 0.4) is 0 Å². The summed E-state index contributed by atoms with van der Waals surface area (Å²) >= 11 is 0. The number of nitrogens with zero attached hydrogens (tertiary/aromatic N) is 2. The van der Waals surface area contributed by atoms with Crippen LogP contribution in [0.1, 0.15) is 0 Å². The highest BCUT2D eigenvalue weighted by molar-refractivity contribution is 5.89. The minimum absolute atomic E-state index is 0.547. The maximum Gasteiger partial charge on any atom is 0.215 e. The molecule has 4 nitrogen and oxygen atoms in total. The number of hydrogen-bond donors (Lipinski definition) is 1. The molecule has 0 fully saturated rings. The van der Waals surface area contributed by atoms with Gasteiger partial charge in [-0.1, -0.05) is 0 Å². The third-order valence-corrected chi connectivity index (χ3v) is 1.84. The largest absolute Gasteiger partial charge is 0.481 e. The zero-order chi connectivity index (χ0) is 9.26. The van der Waals surface area contributed by atoms with Gasteiger partial charge in [0.25, 0.3) is 0 Å². The standard InChI is InChI=1S/C9H9N3O/c1-13-9-4-8-6(5-12-9)7(10)2-3-11-8/h2-5H,1H3,(H2,10,11). The molecule has 0 atom stereocenters. The summed E-state index contributed by atoms with van der Waals surface area (Å²) in [6.07, 6.45) is 3.33. The van der Waals surface area contributed by atoms with E-state index in [1.165, 1.54) is 0 Å². The second-order valence-electron chi connectivity index (χ2n) is 2.64. The van der Waals surface area contributed by atoms with Gasteiger partial charge in [-0.05, 0) is 6.07 Å². The maximum atomic E-state index is 5.73. The summed E-state index contributed by atoms with van der Waals surface area (Å²) in [4.78, 5) is 8.19. The Bertz CT molecular complexity index is 442. The molecule has 0 aliphatic carbocycles. The molecule has 0 radical (unpaired) electrons. The Morgan fingerprint density at radius 3 is 3.00 bits per heavy atom. The van der Waals surface area contributed by atoms with Crippen molar-refractivity contribution >= 4 is 16.6 Å². The van der Waals surface area contributed by atoms with E-state index in [9.17, 15) is 0 Å². The van der Waals surface area contributed by atoms with E-state index >= 15 is 0 Å². The van der Waals surface area contributed by atoms with Crippen molar-refractivity contribution in [2.45, 2.75) is 0 Å². The number of nitrogens with two attached hydrogens (primary N) is 1. The lowest BCUT2D eigenvalue weighted by Crippen LogP contribution is -1.92. The number of rotatable bonds is 1. The molecule has 0 spiro atoms. The van der Waals surface area contributed by atoms with Gasteiger partial charge in [0.05, 0.1) is 12.6 Å². The highest BCUT2D eigenvalue weighted by Crippen LogP contribution is 2.20. The van der Waals surface area contributed by atoms with Crippen LogP contribution >= 0.6 is 0 Å². The second-order valence-corrected chi connectivity index (χ2v) is 2.64. The molecule has 0 saturated heterocycles. The van der Waals surface area contributed by atoms with Crippen molar-refractivity contribution in [2.24, 2.45) is 0 Å². The van der Waals surface area contributed by atoms with Crippen LogP contribution in [0.25, 0.3) is 10.9 Å². The molecule has 2 aromatic heterocycles. The van der Waals surface area contributed by atoms with E-state index in [4.69, 9.17) is 10.5 Å². The van der Waals surface area contributed by atoms with Crippen LogP contribution in [0.2, 0.25) is 0 Å². The highest BCUT2D eigenvalue weighted by Gasteiger charge is 2.00. The average molecular weight is 175 g/mol. The first-order chi connectivity index (χ1) is 6.31. The van der Waals surface area contributed by atoms with Crippen LogP contribution in [0.5, 0.6) is 5.88 Å². The number of pyridine rings is 2. The van der Waals surface area contributed by atoms with Crippen molar-refractivity contribution < 1.29 is 4.74 Å². The quantitative estimate of drug-likeness (QED) is 0.707. The summed E-state index contributed by atoms with van der Waals surface area (Å²) < 4.78 is 4.97. The Kier molecular flexibility index (Phi) is 1.73. The molecular weight excluding hydrogens is 166 g/mol. The van der Waals surface area contributed by atoms with E-state index in [0.29, 0.717) is 11.6 Å². The van der Waals surface area contributed by atoms with Crippen molar-refractivity contribution in [1.82, 2.24) is 9.97 Å². The minimum atomic E-state index is 0.547. The summed E-state index contributed by atoms with van der Waals surface area (Å²) in [6, 6.07) is 3.50. The van der Waals surface area contributed by atoms with Crippen LogP contribution in [0.4, 0.5) is 5.69 Å². The monoisotopic (exact) mass is 175 g/mol. The van der Waals surface area contributed by atoms with Crippen molar-refractivity contribution in [2.75, 3.05) is 12.8 Å². The van der Waals surface area contributed by atoms with Gasteiger partial charge in [-0.2, -0.15) is 0 Å². The summed E-state index contributed by atoms with van der Waals surface area (Å²) in [5.41, 5.74) is 7.21. The van der Waals surface area contributed by atoms with E-state index in [0.717, 1.165) is 10.9 Å². The van der Waals surface area contributed by atoms with Crippen molar-refractivity contribution in [1.29, 1.82) is 0 Å². The Labute approximate surface area is 75.4 Å². The predicted octanol–water partition coefficient (Wildman–Crippen LogP) is 1.22. The van der Waals surface area contributed by atoms with Gasteiger partial charge in [0.15, 0.2) is 0 Å². The molecular formula is C9H9N3O. The summed E-state index contributed by atoms with van der Waals surface area (Å²) in [5.74, 6) is 0.547. The average Bonchev–Trinajstić information content (AvgIpc) is 2.18. The molecule has 4 heteroatoms. The summed E-state index contributed by atoms with van der Waals surface area (Å²) in [7, 11) is 1.57. The smallest absolute Gasteiger partial charge is 0.215 e. The zero-order valence-corrected chi connectivity index (χ0v) is 7.19. The number of ether oxygens (including phenoxy) is 1. The fourth-order valence-electron chi connectivity index (χ4n) is 1.15. The van der Waals surface area contributed by atoms with E-state index in [1.54, 1.807) is 31.6 Å². The first-order valence-electron chi connectivity index (χ1n) is 3.85. The van der Waals surface area contributed by atoms with Gasteiger partial charge < -0.3 is 10.5 Å². The minimum Gasteiger partial charge on any atom is -0.481 e. The van der Waals surface area contributed by atoms with Gasteiger partial charge in [-0.3, -0.25) is 4.98 Å². The molecule has 0 aliphatic heterocycles. The van der Waals surface area contributed by atoms with Gasteiger partial charge in [-0.15, -0.1) is 0 Å². The third-order valence-electron chi connectivity index (χ3n) is 1.84. The van der Waals surface area contributed by atoms with Crippen LogP contribution < -0.4 is 10.5 Å². The molecule has 66 valence electrons. The molecule has 0 aliphatic rings. The predicted molar refractivity (Wildman–Crippen MR) is 50.5 cm³/mol. The van der Waals surface area contributed by atoms with Crippen LogP contribution in [0, 0.1) is 0 Å². The fourth-order valence-corrected chi connectivity index (χ4v) is 1.15. The molecule has 0 unspecified atom stereocenters. The molecule has 2 aromatic rings. The molecule has 2 heterocycles. The lowest BCUT2D eigenvalue weighted by molar-refractivity contribution is 0.398. The maximum absolute atomic E-state index is 5.73. The van der Waals surface area contributed by atoms with Crippen molar-refractivity contribution in [3.63, 3.8) is 0 Å². The first kappa shape index (κ1) is 7.79. The molecule has 0 bridgehead atoms. The molecule has 13 heavy (non-hydrogen) atoms. The van der Waals surface area contributed by atoms with Gasteiger partial charge in [0.2, 0.25) is 5.88 Å². The Morgan fingerprint density at radius 1 is 1.38 bits per heavy atom. The topological polar surface area (TPSA) is 61.0 Å². The lowest BCUT2D eigenvalue weighted by atomic mass is 10.2. The Morgan fingerprint density at radius 2 is 2.23 bits per heavy atom. The normalized spacial score (nSPS) is 10.2. The van der Waals surface area contributed by atoms with Crippen LogP contribution in [0.15, 0.2) is 24.5 Å². The van der Waals surface area contributed by atoms with Crippen molar-refractivity contribution in [3.8, 4) is 5.88 Å². The molecule has 2 rings (SSSR count). The number of aromatic nitrogens is 2. The van der Waals surface area contributed by atoms with Crippen LogP contribution in [-0.4, -0.2) is 17.1 Å². The Hall–Kier alpha value is -1.84. The molecule has 0 amide bonds. The number of nitrogen functional groups attached to an aromatic ring is 1. The van der Waals surface area contributed by atoms with Gasteiger partial charge in [0, 0.05) is 29.5 Å². The zero-order valence-electron chi connectivity index (χ0n) is 7.19. The third kappa shape index (κ3) is 1.26. The Balaban J connectivity index is 2.72. The molecule has 2 N–H and O–H groups in total. The van der Waals surface area contributed by atoms with Gasteiger partial charge >= 0.3 is 0 Å². The van der Waals surface area contributed by atoms with Crippen LogP contribution in [-0.2, 0) is 0 Å². The van der Waals surface area contributed by atoms with E-state index < -0.39 is 0 Å². The molecule has 0 aromatic carbocycles. The summed E-state index contributed by atoms with van der Waals surface area (Å²) in [5, 5.41) is 0.850. The fraction of sp³-hybridized carbons (Fsp3) is 0.111. The number of anilines is 1. The number of hydrogen-bond acceptors (Lipinski definition) is 4. The number of methoxy groups -OCH3 is 1. The molecule has 0 saturated carbocycles. The first-order valence-corrected chi connectivity index (χ1v) is 3.85. The van der Waals surface area contributed by atoms with E-state index in [1.807, 2.05) is 0 Å². The van der Waals surface area contributed by atoms with E-state index in [2.05, 4.69) is 9.97 Å². The lowest BCUT2D eigenvalue weighted by Gasteiger charge is -2.02. The van der Waals surface area contributed by atoms with Crippen molar-refractivity contribution in [3.05, 3.63) is 24.5 Å². The SMILES string of the molecule is COc1cc2nccc(N)c2cn1. The summed E-state index contributed by atoms with van der Waals surface area (Å²) in [6.45, 7) is 0. The van der Waals surface area contributed by atoms with E-state index in [-0.39, 0.29) is 0 Å². The van der Waals surface area contributed by atoms with Gasteiger partial charge in [-0.25, -0.2) is 4.98 Å². The van der Waals surface area contributed by atoms with Gasteiger partial charge in [0.1, 0.15) is 0 Å².